The number of benzene rings is 2. The summed E-state index contributed by atoms with van der Waals surface area (Å²) in [5.41, 5.74) is 7.83. The van der Waals surface area contributed by atoms with Crippen molar-refractivity contribution < 1.29 is 13.6 Å². The molecule has 0 aliphatic rings. The van der Waals surface area contributed by atoms with Gasteiger partial charge in [0.25, 0.3) is 5.91 Å². The summed E-state index contributed by atoms with van der Waals surface area (Å²) in [6.07, 6.45) is 3.38. The van der Waals surface area contributed by atoms with Gasteiger partial charge >= 0.3 is 0 Å². The Morgan fingerprint density at radius 1 is 1.07 bits per heavy atom. The average molecular weight is 363 g/mol. The second-order valence-corrected chi connectivity index (χ2v) is 6.23. The zero-order valence-corrected chi connectivity index (χ0v) is 14.2. The van der Waals surface area contributed by atoms with Gasteiger partial charge in [-0.25, -0.2) is 13.8 Å². The molecule has 0 aliphatic carbocycles. The SMILES string of the molecule is NC(=O)c1ccc(F)c(Cc2c[nH]c3ncc(-c4ccccc4)cc23)c1F. The number of nitrogens with zero attached hydrogens (tertiary/aromatic N) is 1. The van der Waals surface area contributed by atoms with E-state index in [1.165, 1.54) is 0 Å². The smallest absolute Gasteiger partial charge is 0.251 e. The van der Waals surface area contributed by atoms with Crippen molar-refractivity contribution >= 4 is 16.9 Å². The van der Waals surface area contributed by atoms with Crippen molar-refractivity contribution in [1.82, 2.24) is 9.97 Å². The summed E-state index contributed by atoms with van der Waals surface area (Å²) >= 11 is 0. The van der Waals surface area contributed by atoms with Crippen LogP contribution in [0.15, 0.2) is 60.9 Å². The monoisotopic (exact) mass is 363 g/mol. The van der Waals surface area contributed by atoms with E-state index in [2.05, 4.69) is 9.97 Å². The van der Waals surface area contributed by atoms with Crippen molar-refractivity contribution in [1.29, 1.82) is 0 Å². The first kappa shape index (κ1) is 16.9. The van der Waals surface area contributed by atoms with Crippen LogP contribution < -0.4 is 5.73 Å². The van der Waals surface area contributed by atoms with Crippen LogP contribution in [-0.4, -0.2) is 15.9 Å². The average Bonchev–Trinajstić information content (AvgIpc) is 3.07. The fraction of sp³-hybridized carbons (Fsp3) is 0.0476. The Bertz CT molecular complexity index is 1150. The molecule has 134 valence electrons. The highest BCUT2D eigenvalue weighted by Gasteiger charge is 2.19. The second kappa shape index (κ2) is 6.64. The van der Waals surface area contributed by atoms with Gasteiger partial charge in [-0.1, -0.05) is 30.3 Å². The van der Waals surface area contributed by atoms with Crippen LogP contribution in [-0.2, 0) is 6.42 Å². The zero-order chi connectivity index (χ0) is 19.0. The van der Waals surface area contributed by atoms with Crippen LogP contribution in [0.2, 0.25) is 0 Å². The van der Waals surface area contributed by atoms with E-state index in [4.69, 9.17) is 5.73 Å². The van der Waals surface area contributed by atoms with E-state index < -0.39 is 17.5 Å². The minimum Gasteiger partial charge on any atom is -0.366 e. The molecule has 0 saturated carbocycles. The number of hydrogen-bond donors (Lipinski definition) is 2. The van der Waals surface area contributed by atoms with Crippen molar-refractivity contribution in [2.45, 2.75) is 6.42 Å². The third kappa shape index (κ3) is 3.06. The van der Waals surface area contributed by atoms with Gasteiger partial charge in [0, 0.05) is 35.3 Å². The summed E-state index contributed by atoms with van der Waals surface area (Å²) in [5, 5.41) is 0.764. The maximum Gasteiger partial charge on any atom is 0.251 e. The van der Waals surface area contributed by atoms with E-state index in [1.807, 2.05) is 36.4 Å². The molecule has 2 aromatic carbocycles. The number of aromatic amines is 1. The van der Waals surface area contributed by atoms with Crippen LogP contribution in [0, 0.1) is 11.6 Å². The van der Waals surface area contributed by atoms with E-state index in [0.29, 0.717) is 11.2 Å². The maximum atomic E-state index is 14.6. The van der Waals surface area contributed by atoms with E-state index in [0.717, 1.165) is 28.6 Å². The highest BCUT2D eigenvalue weighted by atomic mass is 19.1. The fourth-order valence-corrected chi connectivity index (χ4v) is 3.13. The number of hydrogen-bond acceptors (Lipinski definition) is 2. The number of fused-ring (bicyclic) bond motifs is 1. The van der Waals surface area contributed by atoms with Crippen molar-refractivity contribution in [3.8, 4) is 11.1 Å². The molecule has 4 aromatic rings. The molecule has 2 heterocycles. The Kier molecular flexibility index (Phi) is 4.16. The van der Waals surface area contributed by atoms with E-state index in [1.54, 1.807) is 12.4 Å². The molecule has 0 fully saturated rings. The summed E-state index contributed by atoms with van der Waals surface area (Å²) < 4.78 is 28.8. The summed E-state index contributed by atoms with van der Waals surface area (Å²) in [7, 11) is 0. The third-order valence-electron chi connectivity index (χ3n) is 4.54. The molecule has 0 saturated heterocycles. The summed E-state index contributed by atoms with van der Waals surface area (Å²) in [4.78, 5) is 18.8. The second-order valence-electron chi connectivity index (χ2n) is 6.23. The molecule has 0 atom stereocenters. The zero-order valence-electron chi connectivity index (χ0n) is 14.2. The lowest BCUT2D eigenvalue weighted by Crippen LogP contribution is -2.15. The highest BCUT2D eigenvalue weighted by molar-refractivity contribution is 5.93. The number of nitrogens with one attached hydrogen (secondary N) is 1. The van der Waals surface area contributed by atoms with Gasteiger partial charge in [-0.05, 0) is 29.3 Å². The lowest BCUT2D eigenvalue weighted by molar-refractivity contribution is 0.0996. The number of rotatable bonds is 4. The molecule has 0 aliphatic heterocycles. The first-order chi connectivity index (χ1) is 13.0. The van der Waals surface area contributed by atoms with Crippen molar-refractivity contribution in [2.75, 3.05) is 0 Å². The predicted molar refractivity (Wildman–Crippen MR) is 99.2 cm³/mol. The van der Waals surface area contributed by atoms with Gasteiger partial charge in [-0.3, -0.25) is 4.79 Å². The number of halogens is 2. The van der Waals surface area contributed by atoms with Crippen molar-refractivity contribution in [3.05, 3.63) is 89.2 Å². The lowest BCUT2D eigenvalue weighted by atomic mass is 9.99. The molecule has 6 heteroatoms. The van der Waals surface area contributed by atoms with Gasteiger partial charge in [0.05, 0.1) is 5.56 Å². The van der Waals surface area contributed by atoms with Gasteiger partial charge < -0.3 is 10.7 Å². The summed E-state index contributed by atoms with van der Waals surface area (Å²) in [5.74, 6) is -2.58. The van der Waals surface area contributed by atoms with Crippen molar-refractivity contribution in [3.63, 3.8) is 0 Å². The topological polar surface area (TPSA) is 71.8 Å². The highest BCUT2D eigenvalue weighted by Crippen LogP contribution is 2.28. The predicted octanol–water partition coefficient (Wildman–Crippen LogP) is 4.20. The van der Waals surface area contributed by atoms with Crippen LogP contribution in [0.3, 0.4) is 0 Å². The number of pyridine rings is 1. The normalized spacial score (nSPS) is 11.0. The number of carbonyl (C=O) groups excluding carboxylic acids is 1. The first-order valence-electron chi connectivity index (χ1n) is 8.32. The Hall–Kier alpha value is -3.54. The molecule has 1 amide bonds. The van der Waals surface area contributed by atoms with Crippen LogP contribution >= 0.6 is 0 Å². The number of carbonyl (C=O) groups is 1. The van der Waals surface area contributed by atoms with Gasteiger partial charge in [0.15, 0.2) is 0 Å². The maximum absolute atomic E-state index is 14.6. The van der Waals surface area contributed by atoms with E-state index >= 15 is 0 Å². The molecule has 2 aromatic heterocycles. The molecule has 0 radical (unpaired) electrons. The molecule has 4 nitrogen and oxygen atoms in total. The van der Waals surface area contributed by atoms with Gasteiger partial charge in [0.1, 0.15) is 17.3 Å². The van der Waals surface area contributed by atoms with Gasteiger partial charge in [-0.2, -0.15) is 0 Å². The molecule has 0 spiro atoms. The van der Waals surface area contributed by atoms with Crippen LogP contribution in [0.1, 0.15) is 21.5 Å². The fourth-order valence-electron chi connectivity index (χ4n) is 3.13. The molecule has 0 bridgehead atoms. The summed E-state index contributed by atoms with van der Waals surface area (Å²) in [6, 6.07) is 13.7. The molecule has 4 rings (SSSR count). The number of H-pyrrole nitrogens is 1. The van der Waals surface area contributed by atoms with Crippen molar-refractivity contribution in [2.24, 2.45) is 5.73 Å². The summed E-state index contributed by atoms with van der Waals surface area (Å²) in [6.45, 7) is 0. The Balaban J connectivity index is 1.80. The molecular weight excluding hydrogens is 348 g/mol. The van der Waals surface area contributed by atoms with Gasteiger partial charge in [-0.15, -0.1) is 0 Å². The van der Waals surface area contributed by atoms with Crippen LogP contribution in [0.5, 0.6) is 0 Å². The quantitative estimate of drug-likeness (QED) is 0.570. The third-order valence-corrected chi connectivity index (χ3v) is 4.54. The number of amides is 1. The minimum absolute atomic E-state index is 0.0291. The molecule has 0 unspecified atom stereocenters. The Morgan fingerprint density at radius 2 is 1.85 bits per heavy atom. The molecule has 27 heavy (non-hydrogen) atoms. The molecular formula is C21H15F2N3O. The number of nitrogens with two attached hydrogens (primary N) is 1. The van der Waals surface area contributed by atoms with E-state index in [9.17, 15) is 13.6 Å². The molecule has 3 N–H and O–H groups in total. The lowest BCUT2D eigenvalue weighted by Gasteiger charge is -2.08. The Morgan fingerprint density at radius 3 is 2.59 bits per heavy atom. The minimum atomic E-state index is -0.930. The first-order valence-corrected chi connectivity index (χ1v) is 8.32. The number of aromatic nitrogens is 2. The van der Waals surface area contributed by atoms with Gasteiger partial charge in [0.2, 0.25) is 0 Å². The van der Waals surface area contributed by atoms with Crippen LogP contribution in [0.4, 0.5) is 8.78 Å². The Labute approximate surface area is 153 Å². The standard InChI is InChI=1S/C21H15F2N3O/c22-18-7-6-15(20(24)27)19(23)17(18)9-14-11-26-21-16(14)8-13(10-25-21)12-4-2-1-3-5-12/h1-8,10-11H,9H2,(H2,24,27)(H,25,26). The van der Waals surface area contributed by atoms with E-state index in [-0.39, 0.29) is 17.5 Å². The van der Waals surface area contributed by atoms with Crippen LogP contribution in [0.25, 0.3) is 22.2 Å². The largest absolute Gasteiger partial charge is 0.366 e. The number of primary amides is 1.